The van der Waals surface area contributed by atoms with Gasteiger partial charge in [0, 0.05) is 23.4 Å². The van der Waals surface area contributed by atoms with Crippen molar-refractivity contribution in [2.75, 3.05) is 12.4 Å². The van der Waals surface area contributed by atoms with Crippen molar-refractivity contribution in [1.82, 2.24) is 10.2 Å². The number of hydrogen-bond acceptors (Lipinski definition) is 9. The fourth-order valence-corrected chi connectivity index (χ4v) is 7.31. The zero-order valence-electron chi connectivity index (χ0n) is 33.5. The fourth-order valence-electron chi connectivity index (χ4n) is 7.10. The number of nitriles is 1. The molecule has 0 spiro atoms. The SMILES string of the molecule is COC(=O)[C@H](Cc1ccc(-c2ccc(C#N)cc2)cc1)NC(=O)C1Cc2cc3c(cc2CN1C(=O)OC(C)(C)C)O[C@@H](c1ccc(OCc2cccc(Cl)c2)cc1)C(=O)N3. The first-order valence-corrected chi connectivity index (χ1v) is 19.7. The van der Waals surface area contributed by atoms with Gasteiger partial charge in [0.25, 0.3) is 5.91 Å². The number of benzene rings is 5. The predicted molar refractivity (Wildman–Crippen MR) is 224 cm³/mol. The van der Waals surface area contributed by atoms with Crippen LogP contribution in [0.2, 0.25) is 5.02 Å². The largest absolute Gasteiger partial charge is 0.489 e. The van der Waals surface area contributed by atoms with Gasteiger partial charge in [0.1, 0.15) is 35.8 Å². The van der Waals surface area contributed by atoms with Crippen LogP contribution in [0.3, 0.4) is 0 Å². The molecule has 0 radical (unpaired) electrons. The maximum atomic E-state index is 14.2. The minimum Gasteiger partial charge on any atom is -0.489 e. The topological polar surface area (TPSA) is 156 Å². The highest BCUT2D eigenvalue weighted by Crippen LogP contribution is 2.40. The molecule has 13 heteroatoms. The lowest BCUT2D eigenvalue weighted by molar-refractivity contribution is -0.145. The molecular formula is C47H43ClN4O8. The second-order valence-electron chi connectivity index (χ2n) is 15.6. The van der Waals surface area contributed by atoms with Gasteiger partial charge in [-0.3, -0.25) is 14.5 Å². The number of carbonyl (C=O) groups is 4. The van der Waals surface area contributed by atoms with Crippen molar-refractivity contribution in [1.29, 1.82) is 5.26 Å². The van der Waals surface area contributed by atoms with E-state index in [0.717, 1.165) is 22.3 Å². The standard InChI is InChI=1S/C47H43ClN4O8/c1-47(2,3)60-46(56)52-26-35-24-41-38(50-44(54)42(59-41)33-16-18-37(19-17-33)58-27-30-6-5-7-36(48)20-30)22-34(35)23-40(52)43(53)51-39(45(55)57-4)21-28-8-12-31(13-9-28)32-14-10-29(25-49)11-15-32/h5-20,22,24,39-40,42H,21,23,26-27H2,1-4H3,(H,50,54)(H,51,53)/t39-,40?,42-/m0/s1. The van der Waals surface area contributed by atoms with Gasteiger partial charge in [-0.15, -0.1) is 0 Å². The number of methoxy groups -OCH3 is 1. The molecule has 5 aromatic carbocycles. The summed E-state index contributed by atoms with van der Waals surface area (Å²) in [5.41, 5.74) is 5.68. The Balaban J connectivity index is 1.08. The van der Waals surface area contributed by atoms with Crippen LogP contribution < -0.4 is 20.1 Å². The fraction of sp³-hybridized carbons (Fsp3) is 0.255. The number of amides is 3. The molecule has 0 fully saturated rings. The van der Waals surface area contributed by atoms with E-state index in [1.165, 1.54) is 12.0 Å². The third-order valence-electron chi connectivity index (χ3n) is 10.1. The first kappa shape index (κ1) is 41.3. The molecule has 0 aromatic heterocycles. The van der Waals surface area contributed by atoms with E-state index < -0.39 is 41.8 Å². The van der Waals surface area contributed by atoms with Gasteiger partial charge in [-0.25, -0.2) is 9.59 Å². The number of halogens is 1. The average molecular weight is 827 g/mol. The summed E-state index contributed by atoms with van der Waals surface area (Å²) in [6.07, 6.45) is -1.47. The Morgan fingerprint density at radius 3 is 2.28 bits per heavy atom. The number of nitrogens with zero attached hydrogens (tertiary/aromatic N) is 2. The molecule has 0 bridgehead atoms. The molecule has 2 N–H and O–H groups in total. The van der Waals surface area contributed by atoms with E-state index in [1.54, 1.807) is 75.4 Å². The molecule has 5 aromatic rings. The van der Waals surface area contributed by atoms with Gasteiger partial charge in [-0.05, 0) is 103 Å². The average Bonchev–Trinajstić information content (AvgIpc) is 3.23. The monoisotopic (exact) mass is 826 g/mol. The van der Waals surface area contributed by atoms with Crippen LogP contribution in [0.1, 0.15) is 60.3 Å². The number of rotatable bonds is 10. The summed E-state index contributed by atoms with van der Waals surface area (Å²) in [4.78, 5) is 55.8. The van der Waals surface area contributed by atoms with Crippen LogP contribution in [-0.2, 0) is 49.9 Å². The number of carbonyl (C=O) groups excluding carboxylic acids is 4. The van der Waals surface area contributed by atoms with Crippen molar-refractivity contribution < 1.29 is 38.1 Å². The van der Waals surface area contributed by atoms with E-state index in [-0.39, 0.29) is 25.3 Å². The van der Waals surface area contributed by atoms with E-state index in [1.807, 2.05) is 54.6 Å². The van der Waals surface area contributed by atoms with Crippen LogP contribution in [0.5, 0.6) is 11.5 Å². The molecule has 0 aliphatic carbocycles. The highest BCUT2D eigenvalue weighted by Gasteiger charge is 2.40. The van der Waals surface area contributed by atoms with Crippen molar-refractivity contribution in [2.45, 2.75) is 70.6 Å². The number of fused-ring (bicyclic) bond motifs is 2. The van der Waals surface area contributed by atoms with Gasteiger partial charge in [0.15, 0.2) is 0 Å². The molecule has 306 valence electrons. The van der Waals surface area contributed by atoms with Gasteiger partial charge in [-0.1, -0.05) is 72.3 Å². The van der Waals surface area contributed by atoms with Gasteiger partial charge >= 0.3 is 12.1 Å². The number of nitrogens with one attached hydrogen (secondary N) is 2. The Bertz CT molecular complexity index is 2460. The van der Waals surface area contributed by atoms with Gasteiger partial charge < -0.3 is 29.6 Å². The zero-order valence-corrected chi connectivity index (χ0v) is 34.2. The Morgan fingerprint density at radius 1 is 0.933 bits per heavy atom. The van der Waals surface area contributed by atoms with Crippen molar-refractivity contribution in [3.05, 3.63) is 148 Å². The first-order chi connectivity index (χ1) is 28.8. The van der Waals surface area contributed by atoms with Crippen LogP contribution in [0.4, 0.5) is 10.5 Å². The Hall–Kier alpha value is -6.84. The summed E-state index contributed by atoms with van der Waals surface area (Å²) in [5.74, 6) is -0.584. The minimum absolute atomic E-state index is 0.00402. The highest BCUT2D eigenvalue weighted by molar-refractivity contribution is 6.30. The second kappa shape index (κ2) is 17.6. The third kappa shape index (κ3) is 9.71. The van der Waals surface area contributed by atoms with Gasteiger partial charge in [0.05, 0.1) is 31.0 Å². The summed E-state index contributed by atoms with van der Waals surface area (Å²) in [7, 11) is 1.25. The van der Waals surface area contributed by atoms with Crippen LogP contribution in [0.15, 0.2) is 109 Å². The van der Waals surface area contributed by atoms with Crippen LogP contribution >= 0.6 is 11.6 Å². The smallest absolute Gasteiger partial charge is 0.411 e. The lowest BCUT2D eigenvalue weighted by Crippen LogP contribution is -2.56. The Morgan fingerprint density at radius 2 is 1.63 bits per heavy atom. The summed E-state index contributed by atoms with van der Waals surface area (Å²) >= 11 is 6.09. The minimum atomic E-state index is -1.07. The lowest BCUT2D eigenvalue weighted by Gasteiger charge is -2.38. The van der Waals surface area contributed by atoms with E-state index in [2.05, 4.69) is 16.7 Å². The van der Waals surface area contributed by atoms with Crippen LogP contribution in [-0.4, -0.2) is 53.6 Å². The summed E-state index contributed by atoms with van der Waals surface area (Å²) in [5, 5.41) is 15.5. The lowest BCUT2D eigenvalue weighted by atomic mass is 9.91. The van der Waals surface area contributed by atoms with E-state index in [4.69, 9.17) is 35.8 Å². The van der Waals surface area contributed by atoms with Gasteiger partial charge in [-0.2, -0.15) is 5.26 Å². The van der Waals surface area contributed by atoms with Crippen LogP contribution in [0, 0.1) is 11.3 Å². The van der Waals surface area contributed by atoms with E-state index >= 15 is 0 Å². The number of esters is 1. The maximum Gasteiger partial charge on any atom is 0.411 e. The number of ether oxygens (including phenoxy) is 4. The molecule has 3 atom stereocenters. The molecule has 2 heterocycles. The van der Waals surface area contributed by atoms with Crippen LogP contribution in [0.25, 0.3) is 11.1 Å². The van der Waals surface area contributed by atoms with Crippen molar-refractivity contribution in [3.63, 3.8) is 0 Å². The van der Waals surface area contributed by atoms with Crippen molar-refractivity contribution in [2.24, 2.45) is 0 Å². The molecule has 2 aliphatic rings. The summed E-state index contributed by atoms with van der Waals surface area (Å²) < 4.78 is 23.0. The third-order valence-corrected chi connectivity index (χ3v) is 10.4. The van der Waals surface area contributed by atoms with Crippen molar-refractivity contribution in [3.8, 4) is 28.7 Å². The second-order valence-corrected chi connectivity index (χ2v) is 16.0. The first-order valence-electron chi connectivity index (χ1n) is 19.3. The normalized spacial score (nSPS) is 16.1. The molecule has 0 saturated heterocycles. The molecule has 3 amide bonds. The molecule has 60 heavy (non-hydrogen) atoms. The molecule has 2 aliphatic heterocycles. The molecular weight excluding hydrogens is 784 g/mol. The van der Waals surface area contributed by atoms with Gasteiger partial charge in [0.2, 0.25) is 12.0 Å². The Labute approximate surface area is 353 Å². The number of anilines is 1. The molecule has 7 rings (SSSR count). The highest BCUT2D eigenvalue weighted by atomic mass is 35.5. The maximum absolute atomic E-state index is 14.2. The molecule has 0 saturated carbocycles. The Kier molecular flexibility index (Phi) is 12.1. The summed E-state index contributed by atoms with van der Waals surface area (Å²) in [6.45, 7) is 5.54. The van der Waals surface area contributed by atoms with E-state index in [0.29, 0.717) is 51.1 Å². The summed E-state index contributed by atoms with van der Waals surface area (Å²) in [6, 6.07) is 32.7. The predicted octanol–water partition coefficient (Wildman–Crippen LogP) is 8.09. The molecule has 12 nitrogen and oxygen atoms in total. The van der Waals surface area contributed by atoms with E-state index in [9.17, 15) is 19.2 Å². The zero-order chi connectivity index (χ0) is 42.6. The molecule has 1 unspecified atom stereocenters. The quantitative estimate of drug-likeness (QED) is 0.133. The number of hydrogen-bond donors (Lipinski definition) is 2. The van der Waals surface area contributed by atoms with Crippen molar-refractivity contribution >= 4 is 41.2 Å².